The van der Waals surface area contributed by atoms with Crippen molar-refractivity contribution < 1.29 is 10.2 Å². The van der Waals surface area contributed by atoms with Gasteiger partial charge in [-0.25, -0.2) is 0 Å². The van der Waals surface area contributed by atoms with E-state index in [0.717, 1.165) is 30.6 Å². The van der Waals surface area contributed by atoms with Gasteiger partial charge >= 0.3 is 0 Å². The highest BCUT2D eigenvalue weighted by Crippen LogP contribution is 2.34. The maximum absolute atomic E-state index is 10.4. The molecule has 0 spiro atoms. The van der Waals surface area contributed by atoms with Gasteiger partial charge in [0.2, 0.25) is 0 Å². The highest BCUT2D eigenvalue weighted by atomic mass is 16.3. The number of rotatable bonds is 8. The third kappa shape index (κ3) is 4.72. The molecule has 134 valence electrons. The first-order chi connectivity index (χ1) is 12.8. The molecule has 1 atom stereocenters. The van der Waals surface area contributed by atoms with E-state index in [4.69, 9.17) is 0 Å². The van der Waals surface area contributed by atoms with Gasteiger partial charge in [-0.15, -0.1) is 0 Å². The summed E-state index contributed by atoms with van der Waals surface area (Å²) in [4.78, 5) is 0. The van der Waals surface area contributed by atoms with Gasteiger partial charge in [0.05, 0.1) is 6.61 Å². The van der Waals surface area contributed by atoms with Crippen LogP contribution in [0.2, 0.25) is 0 Å². The lowest BCUT2D eigenvalue weighted by Crippen LogP contribution is -2.18. The van der Waals surface area contributed by atoms with E-state index >= 15 is 0 Å². The Hall–Kier alpha value is -2.62. The van der Waals surface area contributed by atoms with Crippen LogP contribution in [0, 0.1) is 0 Å². The van der Waals surface area contributed by atoms with Gasteiger partial charge in [0, 0.05) is 18.0 Å². The fourth-order valence-corrected chi connectivity index (χ4v) is 3.24. The highest BCUT2D eigenvalue weighted by molar-refractivity contribution is 5.43. The van der Waals surface area contributed by atoms with Crippen molar-refractivity contribution in [3.63, 3.8) is 0 Å². The summed E-state index contributed by atoms with van der Waals surface area (Å²) in [7, 11) is 0. The van der Waals surface area contributed by atoms with Gasteiger partial charge in [-0.2, -0.15) is 0 Å². The van der Waals surface area contributed by atoms with Crippen LogP contribution in [0.5, 0.6) is 5.75 Å². The molecular formula is C23H25NO2. The Morgan fingerprint density at radius 3 is 2.19 bits per heavy atom. The minimum atomic E-state index is -0.0267. The van der Waals surface area contributed by atoms with Crippen LogP contribution < -0.4 is 5.32 Å². The first-order valence-electron chi connectivity index (χ1n) is 9.00. The van der Waals surface area contributed by atoms with Gasteiger partial charge in [-0.05, 0) is 41.8 Å². The fourth-order valence-electron chi connectivity index (χ4n) is 3.24. The largest absolute Gasteiger partial charge is 0.508 e. The number of aliphatic hydroxyl groups is 1. The Morgan fingerprint density at radius 1 is 0.808 bits per heavy atom. The van der Waals surface area contributed by atoms with Crippen LogP contribution in [-0.4, -0.2) is 16.8 Å². The normalized spacial score (nSPS) is 12.0. The van der Waals surface area contributed by atoms with Crippen LogP contribution in [0.3, 0.4) is 0 Å². The Labute approximate surface area is 155 Å². The number of phenols is 1. The Balaban J connectivity index is 1.74. The Kier molecular flexibility index (Phi) is 6.42. The molecule has 3 nitrogen and oxygen atoms in total. The molecule has 0 aromatic heterocycles. The molecule has 0 fully saturated rings. The monoisotopic (exact) mass is 347 g/mol. The maximum atomic E-state index is 10.4. The summed E-state index contributed by atoms with van der Waals surface area (Å²) in [6.07, 6.45) is 0.860. The van der Waals surface area contributed by atoms with Gasteiger partial charge < -0.3 is 15.5 Å². The second-order valence-corrected chi connectivity index (χ2v) is 6.47. The van der Waals surface area contributed by atoms with E-state index in [1.165, 1.54) is 11.1 Å². The van der Waals surface area contributed by atoms with Crippen LogP contribution in [0.1, 0.15) is 34.6 Å². The van der Waals surface area contributed by atoms with E-state index in [0.29, 0.717) is 0 Å². The Bertz CT molecular complexity index is 803. The number of nitrogens with one attached hydrogen (secondary N) is 1. The van der Waals surface area contributed by atoms with Crippen molar-refractivity contribution >= 4 is 0 Å². The molecule has 3 heteroatoms. The second-order valence-electron chi connectivity index (χ2n) is 6.47. The SMILES string of the molecule is OCc1ccc(O)c(C(CCNCc2ccccc2)c2ccccc2)c1. The van der Waals surface area contributed by atoms with Crippen LogP contribution >= 0.6 is 0 Å². The fraction of sp³-hybridized carbons (Fsp3) is 0.217. The predicted octanol–water partition coefficient (Wildman–Crippen LogP) is 4.20. The summed E-state index contributed by atoms with van der Waals surface area (Å²) in [5, 5.41) is 23.3. The molecule has 0 radical (unpaired) electrons. The molecule has 0 bridgehead atoms. The summed E-state index contributed by atoms with van der Waals surface area (Å²) in [6.45, 7) is 1.63. The third-order valence-corrected chi connectivity index (χ3v) is 4.63. The van der Waals surface area contributed by atoms with E-state index in [1.54, 1.807) is 12.1 Å². The quantitative estimate of drug-likeness (QED) is 0.535. The summed E-state index contributed by atoms with van der Waals surface area (Å²) < 4.78 is 0. The number of hydrogen-bond donors (Lipinski definition) is 3. The van der Waals surface area contributed by atoms with E-state index in [2.05, 4.69) is 29.6 Å². The molecule has 0 saturated carbocycles. The van der Waals surface area contributed by atoms with Gasteiger partial charge in [-0.1, -0.05) is 66.7 Å². The Morgan fingerprint density at radius 2 is 1.50 bits per heavy atom. The van der Waals surface area contributed by atoms with E-state index in [1.807, 2.05) is 42.5 Å². The first kappa shape index (κ1) is 18.2. The number of phenolic OH excluding ortho intramolecular Hbond substituents is 1. The zero-order chi connectivity index (χ0) is 18.2. The van der Waals surface area contributed by atoms with Crippen LogP contribution in [0.25, 0.3) is 0 Å². The topological polar surface area (TPSA) is 52.5 Å². The van der Waals surface area contributed by atoms with Crippen LogP contribution in [-0.2, 0) is 13.2 Å². The molecule has 3 rings (SSSR count). The summed E-state index contributed by atoms with van der Waals surface area (Å²) in [5.41, 5.74) is 4.11. The van der Waals surface area contributed by atoms with Crippen LogP contribution in [0.15, 0.2) is 78.9 Å². The first-order valence-corrected chi connectivity index (χ1v) is 9.00. The van der Waals surface area contributed by atoms with Crippen molar-refractivity contribution in [1.29, 1.82) is 0 Å². The minimum absolute atomic E-state index is 0.0267. The van der Waals surface area contributed by atoms with Gasteiger partial charge in [0.1, 0.15) is 5.75 Å². The van der Waals surface area contributed by atoms with Crippen molar-refractivity contribution in [2.75, 3.05) is 6.54 Å². The molecule has 0 saturated heterocycles. The zero-order valence-electron chi connectivity index (χ0n) is 14.8. The number of aromatic hydroxyl groups is 1. The van der Waals surface area contributed by atoms with E-state index in [-0.39, 0.29) is 18.3 Å². The molecule has 0 amide bonds. The smallest absolute Gasteiger partial charge is 0.119 e. The van der Waals surface area contributed by atoms with Crippen molar-refractivity contribution in [1.82, 2.24) is 5.32 Å². The maximum Gasteiger partial charge on any atom is 0.119 e. The second kappa shape index (κ2) is 9.18. The standard InChI is InChI=1S/C23H25NO2/c25-17-19-11-12-23(26)22(15-19)21(20-9-5-2-6-10-20)13-14-24-16-18-7-3-1-4-8-18/h1-12,15,21,24-26H,13-14,16-17H2. The molecule has 0 aliphatic rings. The molecule has 0 aliphatic heterocycles. The lowest BCUT2D eigenvalue weighted by molar-refractivity contribution is 0.281. The molecule has 3 aromatic rings. The summed E-state index contributed by atoms with van der Waals surface area (Å²) >= 11 is 0. The van der Waals surface area contributed by atoms with Crippen molar-refractivity contribution in [2.45, 2.75) is 25.5 Å². The third-order valence-electron chi connectivity index (χ3n) is 4.63. The molecule has 3 aromatic carbocycles. The average molecular weight is 347 g/mol. The van der Waals surface area contributed by atoms with Gasteiger partial charge in [0.15, 0.2) is 0 Å². The minimum Gasteiger partial charge on any atom is -0.508 e. The van der Waals surface area contributed by atoms with Crippen molar-refractivity contribution in [2.24, 2.45) is 0 Å². The van der Waals surface area contributed by atoms with E-state index in [9.17, 15) is 10.2 Å². The summed E-state index contributed by atoms with van der Waals surface area (Å²) in [5.74, 6) is 0.352. The van der Waals surface area contributed by atoms with Gasteiger partial charge in [-0.3, -0.25) is 0 Å². The van der Waals surface area contributed by atoms with E-state index < -0.39 is 0 Å². The lowest BCUT2D eigenvalue weighted by Gasteiger charge is -2.20. The van der Waals surface area contributed by atoms with Crippen LogP contribution in [0.4, 0.5) is 0 Å². The highest BCUT2D eigenvalue weighted by Gasteiger charge is 2.18. The van der Waals surface area contributed by atoms with Gasteiger partial charge in [0.25, 0.3) is 0 Å². The summed E-state index contributed by atoms with van der Waals surface area (Å²) in [6, 6.07) is 25.9. The molecule has 1 unspecified atom stereocenters. The predicted molar refractivity (Wildman–Crippen MR) is 105 cm³/mol. The van der Waals surface area contributed by atoms with Crippen molar-refractivity contribution in [3.8, 4) is 5.75 Å². The number of hydrogen-bond acceptors (Lipinski definition) is 3. The molecular weight excluding hydrogens is 322 g/mol. The molecule has 3 N–H and O–H groups in total. The lowest BCUT2D eigenvalue weighted by atomic mass is 9.87. The zero-order valence-corrected chi connectivity index (χ0v) is 14.8. The number of aliphatic hydroxyl groups excluding tert-OH is 1. The molecule has 0 heterocycles. The van der Waals surface area contributed by atoms with Crippen molar-refractivity contribution in [3.05, 3.63) is 101 Å². The molecule has 0 aliphatic carbocycles. The average Bonchev–Trinajstić information content (AvgIpc) is 2.70. The molecule has 26 heavy (non-hydrogen) atoms. The number of benzene rings is 3.